The Kier molecular flexibility index (Phi) is 7.85. The molecular weight excluding hydrogens is 204 g/mol. The summed E-state index contributed by atoms with van der Waals surface area (Å²) in [4.78, 5) is 0. The highest BCUT2D eigenvalue weighted by Gasteiger charge is 2.34. The zero-order valence-electron chi connectivity index (χ0n) is 9.29. The summed E-state index contributed by atoms with van der Waals surface area (Å²) < 4.78 is 15.1. The Morgan fingerprint density at radius 2 is 1.40 bits per heavy atom. The second-order valence-corrected chi connectivity index (χ2v) is 3.11. The number of aliphatic hydroxyl groups is 3. The van der Waals surface area contributed by atoms with Gasteiger partial charge in [0.25, 0.3) is 0 Å². The van der Waals surface area contributed by atoms with Crippen LogP contribution in [0.4, 0.5) is 0 Å². The fourth-order valence-corrected chi connectivity index (χ4v) is 1.42. The average molecular weight is 224 g/mol. The molecule has 3 N–H and O–H groups in total. The minimum atomic E-state index is -1.08. The van der Waals surface area contributed by atoms with Gasteiger partial charge in [0.05, 0.1) is 13.2 Å². The molecule has 0 aromatic rings. The molecule has 0 aromatic heterocycles. The van der Waals surface area contributed by atoms with E-state index >= 15 is 0 Å². The van der Waals surface area contributed by atoms with Crippen LogP contribution in [0.15, 0.2) is 0 Å². The monoisotopic (exact) mass is 224 g/mol. The van der Waals surface area contributed by atoms with Gasteiger partial charge in [0, 0.05) is 21.3 Å². The largest absolute Gasteiger partial charge is 0.394 e. The highest BCUT2D eigenvalue weighted by atomic mass is 16.6. The number of methoxy groups -OCH3 is 3. The van der Waals surface area contributed by atoms with E-state index < -0.39 is 31.0 Å². The summed E-state index contributed by atoms with van der Waals surface area (Å²) in [6.07, 6.45) is -3.09. The Balaban J connectivity index is 4.57. The number of ether oxygens (including phenoxy) is 3. The average Bonchev–Trinajstić information content (AvgIpc) is 2.28. The molecule has 0 radical (unpaired) electrons. The molecule has 15 heavy (non-hydrogen) atoms. The summed E-state index contributed by atoms with van der Waals surface area (Å²) in [6.45, 7) is -0.701. The van der Waals surface area contributed by atoms with Gasteiger partial charge in [0.15, 0.2) is 0 Å². The summed E-state index contributed by atoms with van der Waals surface area (Å²) in [5.41, 5.74) is 0. The van der Waals surface area contributed by atoms with Crippen molar-refractivity contribution in [2.75, 3.05) is 34.5 Å². The van der Waals surface area contributed by atoms with Crippen molar-refractivity contribution in [1.82, 2.24) is 0 Å². The first kappa shape index (κ1) is 14.8. The molecule has 92 valence electrons. The van der Waals surface area contributed by atoms with E-state index in [0.717, 1.165) is 0 Å². The van der Waals surface area contributed by atoms with Crippen LogP contribution in [-0.4, -0.2) is 74.3 Å². The molecule has 0 bridgehead atoms. The third kappa shape index (κ3) is 4.02. The van der Waals surface area contributed by atoms with Gasteiger partial charge in [-0.15, -0.1) is 0 Å². The molecule has 0 aliphatic carbocycles. The Morgan fingerprint density at radius 1 is 0.867 bits per heavy atom. The zero-order chi connectivity index (χ0) is 11.8. The summed E-state index contributed by atoms with van der Waals surface area (Å²) in [7, 11) is 4.23. The smallest absolute Gasteiger partial charge is 0.114 e. The molecule has 0 rings (SSSR count). The number of hydrogen-bond acceptors (Lipinski definition) is 6. The molecule has 4 atom stereocenters. The third-order valence-corrected chi connectivity index (χ3v) is 2.28. The van der Waals surface area contributed by atoms with Crippen molar-refractivity contribution in [3.63, 3.8) is 0 Å². The summed E-state index contributed by atoms with van der Waals surface area (Å²) in [6, 6.07) is 0. The van der Waals surface area contributed by atoms with Gasteiger partial charge in [0.2, 0.25) is 0 Å². The van der Waals surface area contributed by atoms with E-state index in [-0.39, 0.29) is 6.61 Å². The molecule has 0 heterocycles. The second kappa shape index (κ2) is 7.98. The van der Waals surface area contributed by atoms with E-state index in [1.54, 1.807) is 0 Å². The SMILES string of the molecule is CO[C@H]([C@H](OC)[C@H](CO)OC)[C@H](O)CO. The molecule has 0 unspecified atom stereocenters. The van der Waals surface area contributed by atoms with E-state index in [9.17, 15) is 5.11 Å². The summed E-state index contributed by atoms with van der Waals surface area (Å²) >= 11 is 0. The van der Waals surface area contributed by atoms with E-state index in [2.05, 4.69) is 0 Å². The Morgan fingerprint density at radius 3 is 1.67 bits per heavy atom. The lowest BCUT2D eigenvalue weighted by molar-refractivity contribution is -0.156. The van der Waals surface area contributed by atoms with Crippen LogP contribution in [0.5, 0.6) is 0 Å². The fourth-order valence-electron chi connectivity index (χ4n) is 1.42. The van der Waals surface area contributed by atoms with Crippen molar-refractivity contribution >= 4 is 0 Å². The van der Waals surface area contributed by atoms with Gasteiger partial charge in [-0.1, -0.05) is 0 Å². The lowest BCUT2D eigenvalue weighted by Gasteiger charge is -2.32. The van der Waals surface area contributed by atoms with Crippen molar-refractivity contribution in [3.8, 4) is 0 Å². The Bertz CT molecular complexity index is 150. The van der Waals surface area contributed by atoms with Crippen molar-refractivity contribution in [3.05, 3.63) is 0 Å². The van der Waals surface area contributed by atoms with Crippen molar-refractivity contribution in [2.24, 2.45) is 0 Å². The van der Waals surface area contributed by atoms with Crippen LogP contribution in [-0.2, 0) is 14.2 Å². The maximum atomic E-state index is 9.47. The van der Waals surface area contributed by atoms with E-state index in [1.807, 2.05) is 0 Å². The fraction of sp³-hybridized carbons (Fsp3) is 1.00. The van der Waals surface area contributed by atoms with Crippen LogP contribution in [0.3, 0.4) is 0 Å². The van der Waals surface area contributed by atoms with Gasteiger partial charge >= 0.3 is 0 Å². The lowest BCUT2D eigenvalue weighted by atomic mass is 10.0. The first-order valence-electron chi connectivity index (χ1n) is 4.64. The Hall–Kier alpha value is -0.240. The van der Waals surface area contributed by atoms with Gasteiger partial charge in [-0.05, 0) is 0 Å². The summed E-state index contributed by atoms with van der Waals surface area (Å²) in [5.74, 6) is 0. The molecule has 0 aliphatic rings. The molecule has 0 aliphatic heterocycles. The van der Waals surface area contributed by atoms with Crippen molar-refractivity contribution in [1.29, 1.82) is 0 Å². The van der Waals surface area contributed by atoms with Gasteiger partial charge < -0.3 is 29.5 Å². The maximum Gasteiger partial charge on any atom is 0.114 e. The third-order valence-electron chi connectivity index (χ3n) is 2.28. The van der Waals surface area contributed by atoms with Crippen LogP contribution in [0.2, 0.25) is 0 Å². The van der Waals surface area contributed by atoms with Crippen LogP contribution < -0.4 is 0 Å². The van der Waals surface area contributed by atoms with Crippen LogP contribution in [0.25, 0.3) is 0 Å². The first-order chi connectivity index (χ1) is 7.15. The molecule has 0 amide bonds. The van der Waals surface area contributed by atoms with Crippen molar-refractivity contribution < 1.29 is 29.5 Å². The van der Waals surface area contributed by atoms with E-state index in [0.29, 0.717) is 0 Å². The molecule has 0 saturated carbocycles. The standard InChI is InChI=1S/C9H20O6/c1-13-7(5-11)9(15-3)8(14-2)6(12)4-10/h6-12H,4-5H2,1-3H3/t6-,7+,8+,9-/m1/s1. The predicted molar refractivity (Wildman–Crippen MR) is 52.6 cm³/mol. The quantitative estimate of drug-likeness (QED) is 0.459. The summed E-state index contributed by atoms with van der Waals surface area (Å²) in [5, 5.41) is 27.3. The van der Waals surface area contributed by atoms with Crippen LogP contribution >= 0.6 is 0 Å². The minimum absolute atomic E-state index is 0.257. The molecular formula is C9H20O6. The van der Waals surface area contributed by atoms with Gasteiger partial charge in [-0.25, -0.2) is 0 Å². The van der Waals surface area contributed by atoms with Gasteiger partial charge in [0.1, 0.15) is 24.4 Å². The molecule has 0 aromatic carbocycles. The predicted octanol–water partition coefficient (Wildman–Crippen LogP) is -1.62. The second-order valence-electron chi connectivity index (χ2n) is 3.11. The topological polar surface area (TPSA) is 88.4 Å². The highest BCUT2D eigenvalue weighted by molar-refractivity contribution is 4.83. The number of rotatable bonds is 8. The molecule has 0 spiro atoms. The molecule has 0 fully saturated rings. The number of hydrogen-bond donors (Lipinski definition) is 3. The lowest BCUT2D eigenvalue weighted by Crippen LogP contribution is -2.49. The molecule has 6 nitrogen and oxygen atoms in total. The number of aliphatic hydroxyl groups excluding tert-OH is 3. The maximum absolute atomic E-state index is 9.47. The molecule has 6 heteroatoms. The van der Waals surface area contributed by atoms with Crippen molar-refractivity contribution in [2.45, 2.75) is 24.4 Å². The Labute approximate surface area is 89.4 Å². The van der Waals surface area contributed by atoms with E-state index in [4.69, 9.17) is 24.4 Å². The van der Waals surface area contributed by atoms with Gasteiger partial charge in [-0.3, -0.25) is 0 Å². The van der Waals surface area contributed by atoms with Crippen LogP contribution in [0.1, 0.15) is 0 Å². The highest BCUT2D eigenvalue weighted by Crippen LogP contribution is 2.13. The van der Waals surface area contributed by atoms with Gasteiger partial charge in [-0.2, -0.15) is 0 Å². The minimum Gasteiger partial charge on any atom is -0.394 e. The van der Waals surface area contributed by atoms with Crippen LogP contribution in [0, 0.1) is 0 Å². The van der Waals surface area contributed by atoms with E-state index in [1.165, 1.54) is 21.3 Å². The normalized spacial score (nSPS) is 19.6. The molecule has 0 saturated heterocycles. The first-order valence-corrected chi connectivity index (χ1v) is 4.64. The zero-order valence-corrected chi connectivity index (χ0v) is 9.29.